The zero-order valence-electron chi connectivity index (χ0n) is 15.8. The first-order chi connectivity index (χ1) is 12.1. The minimum Gasteiger partial charge on any atom is -0.421 e. The van der Waals surface area contributed by atoms with Gasteiger partial charge in [-0.1, -0.05) is 27.7 Å². The molecule has 0 aliphatic rings. The molecule has 0 bridgehead atoms. The molecule has 0 spiro atoms. The fourth-order valence-corrected chi connectivity index (χ4v) is 2.49. The van der Waals surface area contributed by atoms with Crippen LogP contribution in [0.3, 0.4) is 0 Å². The lowest BCUT2D eigenvalue weighted by Gasteiger charge is -2.23. The largest absolute Gasteiger partial charge is 0.421 e. The summed E-state index contributed by atoms with van der Waals surface area (Å²) in [7, 11) is 0. The van der Waals surface area contributed by atoms with E-state index in [1.807, 2.05) is 13.8 Å². The molecule has 1 rings (SSSR count). The van der Waals surface area contributed by atoms with E-state index in [4.69, 9.17) is 10.5 Å². The maximum absolute atomic E-state index is 14.1. The Bertz CT molecular complexity index is 674. The number of amides is 1. The molecule has 3 N–H and O–H groups in total. The second kappa shape index (κ2) is 9.43. The number of aldehydes is 1. The van der Waals surface area contributed by atoms with Crippen molar-refractivity contribution < 1.29 is 23.5 Å². The molecule has 26 heavy (non-hydrogen) atoms. The molecule has 2 atom stereocenters. The highest BCUT2D eigenvalue weighted by molar-refractivity contribution is 5.89. The molecule has 0 aliphatic heterocycles. The minimum absolute atomic E-state index is 0.0683. The molecule has 0 fully saturated rings. The van der Waals surface area contributed by atoms with Gasteiger partial charge < -0.3 is 15.8 Å². The van der Waals surface area contributed by atoms with E-state index in [-0.39, 0.29) is 17.4 Å². The predicted octanol–water partition coefficient (Wildman–Crippen LogP) is 2.37. The van der Waals surface area contributed by atoms with Crippen molar-refractivity contribution in [3.05, 3.63) is 29.1 Å². The van der Waals surface area contributed by atoms with E-state index in [2.05, 4.69) is 5.32 Å². The number of carbonyl (C=O) groups is 3. The number of hydrogen-bond donors (Lipinski definition) is 2. The highest BCUT2D eigenvalue weighted by Gasteiger charge is 2.29. The van der Waals surface area contributed by atoms with Crippen molar-refractivity contribution >= 4 is 18.2 Å². The molecule has 144 valence electrons. The maximum Gasteiger partial charge on any atom is 0.334 e. The number of hydrogen-bond acceptors (Lipinski definition) is 5. The van der Waals surface area contributed by atoms with Gasteiger partial charge in [0.1, 0.15) is 6.04 Å². The Morgan fingerprint density at radius 3 is 2.38 bits per heavy atom. The summed E-state index contributed by atoms with van der Waals surface area (Å²) >= 11 is 0. The second-order valence-corrected chi connectivity index (χ2v) is 7.17. The molecule has 0 saturated heterocycles. The molecular weight excluding hydrogens is 339 g/mol. The van der Waals surface area contributed by atoms with Crippen molar-refractivity contribution in [2.75, 3.05) is 0 Å². The van der Waals surface area contributed by atoms with Gasteiger partial charge >= 0.3 is 5.97 Å². The van der Waals surface area contributed by atoms with Crippen molar-refractivity contribution in [3.63, 3.8) is 0 Å². The first-order valence-corrected chi connectivity index (χ1v) is 8.59. The lowest BCUT2D eigenvalue weighted by molar-refractivity contribution is -0.141. The van der Waals surface area contributed by atoms with Gasteiger partial charge in [-0.25, -0.2) is 9.18 Å². The first-order valence-electron chi connectivity index (χ1n) is 8.59. The average molecular weight is 366 g/mol. The minimum atomic E-state index is -1.01. The molecule has 1 aromatic carbocycles. The standard InChI is InChI=1S/C19H27FN2O4/c1-10(2)6-15(21)18(24)22-16(11(3)4)19(25)26-17-13(9-23)7-12(5)8-14(17)20/h7-11,15-16H,6,21H2,1-5H3,(H,22,24)/t15-,16-/m0/s1. The van der Waals surface area contributed by atoms with Crippen LogP contribution >= 0.6 is 0 Å². The molecular formula is C19H27FN2O4. The molecule has 0 unspecified atom stereocenters. The predicted molar refractivity (Wildman–Crippen MR) is 96.4 cm³/mol. The van der Waals surface area contributed by atoms with Crippen molar-refractivity contribution in [1.29, 1.82) is 0 Å². The Balaban J connectivity index is 2.97. The van der Waals surface area contributed by atoms with Crippen LogP contribution in [0.5, 0.6) is 5.75 Å². The van der Waals surface area contributed by atoms with E-state index < -0.39 is 35.5 Å². The summed E-state index contributed by atoms with van der Waals surface area (Å²) < 4.78 is 19.2. The van der Waals surface area contributed by atoms with Gasteiger partial charge in [-0.2, -0.15) is 0 Å². The zero-order chi connectivity index (χ0) is 20.0. The molecule has 0 aromatic heterocycles. The normalized spacial score (nSPS) is 13.4. The maximum atomic E-state index is 14.1. The monoisotopic (exact) mass is 366 g/mol. The third-order valence-corrected chi connectivity index (χ3v) is 3.83. The van der Waals surface area contributed by atoms with Gasteiger partial charge in [0.15, 0.2) is 17.9 Å². The molecule has 6 nitrogen and oxygen atoms in total. The van der Waals surface area contributed by atoms with E-state index in [9.17, 15) is 18.8 Å². The number of halogens is 1. The van der Waals surface area contributed by atoms with Crippen LogP contribution in [0.2, 0.25) is 0 Å². The number of carbonyl (C=O) groups excluding carboxylic acids is 3. The van der Waals surface area contributed by atoms with Crippen LogP contribution < -0.4 is 15.8 Å². The number of rotatable bonds is 8. The Hall–Kier alpha value is -2.28. The number of benzene rings is 1. The van der Waals surface area contributed by atoms with Crippen LogP contribution in [0.1, 0.15) is 50.0 Å². The molecule has 0 saturated carbocycles. The summed E-state index contributed by atoms with van der Waals surface area (Å²) in [4.78, 5) is 35.8. The molecule has 1 amide bonds. The van der Waals surface area contributed by atoms with Crippen LogP contribution in [-0.2, 0) is 9.59 Å². The summed E-state index contributed by atoms with van der Waals surface area (Å²) in [5, 5.41) is 2.56. The van der Waals surface area contributed by atoms with Crippen molar-refractivity contribution in [3.8, 4) is 5.75 Å². The van der Waals surface area contributed by atoms with Crippen LogP contribution in [-0.4, -0.2) is 30.2 Å². The van der Waals surface area contributed by atoms with Gasteiger partial charge in [0, 0.05) is 0 Å². The fourth-order valence-electron chi connectivity index (χ4n) is 2.49. The third kappa shape index (κ3) is 5.91. The summed E-state index contributed by atoms with van der Waals surface area (Å²) in [5.41, 5.74) is 6.29. The van der Waals surface area contributed by atoms with Crippen LogP contribution in [0, 0.1) is 24.6 Å². The Morgan fingerprint density at radius 1 is 1.27 bits per heavy atom. The average Bonchev–Trinajstić information content (AvgIpc) is 2.53. The first kappa shape index (κ1) is 21.8. The summed E-state index contributed by atoms with van der Waals surface area (Å²) in [5.74, 6) is -2.68. The summed E-state index contributed by atoms with van der Waals surface area (Å²) in [6.07, 6.45) is 0.883. The van der Waals surface area contributed by atoms with Gasteiger partial charge in [-0.05, 0) is 42.9 Å². The SMILES string of the molecule is Cc1cc(F)c(OC(=O)[C@@H](NC(=O)[C@@H](N)CC(C)C)C(C)C)c(C=O)c1. The Morgan fingerprint density at radius 2 is 1.88 bits per heavy atom. The fraction of sp³-hybridized carbons (Fsp3) is 0.526. The molecule has 0 heterocycles. The third-order valence-electron chi connectivity index (χ3n) is 3.83. The lowest BCUT2D eigenvalue weighted by Crippen LogP contribution is -2.52. The lowest BCUT2D eigenvalue weighted by atomic mass is 10.0. The van der Waals surface area contributed by atoms with Gasteiger partial charge in [0.25, 0.3) is 0 Å². The number of nitrogens with one attached hydrogen (secondary N) is 1. The van der Waals surface area contributed by atoms with Crippen molar-refractivity contribution in [2.24, 2.45) is 17.6 Å². The van der Waals surface area contributed by atoms with E-state index in [1.165, 1.54) is 6.07 Å². The highest BCUT2D eigenvalue weighted by Crippen LogP contribution is 2.24. The van der Waals surface area contributed by atoms with Crippen molar-refractivity contribution in [1.82, 2.24) is 5.32 Å². The number of ether oxygens (including phenoxy) is 1. The van der Waals surface area contributed by atoms with E-state index >= 15 is 0 Å². The topological polar surface area (TPSA) is 98.5 Å². The van der Waals surface area contributed by atoms with Gasteiger partial charge in [-0.15, -0.1) is 0 Å². The quantitative estimate of drug-likeness (QED) is 0.418. The number of nitrogens with two attached hydrogens (primary N) is 1. The van der Waals surface area contributed by atoms with Gasteiger partial charge in [-0.3, -0.25) is 9.59 Å². The zero-order valence-corrected chi connectivity index (χ0v) is 15.8. The second-order valence-electron chi connectivity index (χ2n) is 7.17. The van der Waals surface area contributed by atoms with Crippen LogP contribution in [0.4, 0.5) is 4.39 Å². The summed E-state index contributed by atoms with van der Waals surface area (Å²) in [6, 6.07) is 0.809. The molecule has 1 aromatic rings. The van der Waals surface area contributed by atoms with Crippen LogP contribution in [0.15, 0.2) is 12.1 Å². The van der Waals surface area contributed by atoms with Crippen molar-refractivity contribution in [2.45, 2.75) is 53.1 Å². The smallest absolute Gasteiger partial charge is 0.334 e. The Labute approximate surface area is 153 Å². The van der Waals surface area contributed by atoms with E-state index in [0.717, 1.165) is 6.07 Å². The van der Waals surface area contributed by atoms with Crippen LogP contribution in [0.25, 0.3) is 0 Å². The number of aryl methyl sites for hydroxylation is 1. The van der Waals surface area contributed by atoms with E-state index in [1.54, 1.807) is 20.8 Å². The molecule has 0 aliphatic carbocycles. The molecule has 0 radical (unpaired) electrons. The van der Waals surface area contributed by atoms with Gasteiger partial charge in [0.2, 0.25) is 5.91 Å². The number of esters is 1. The van der Waals surface area contributed by atoms with Gasteiger partial charge in [0.05, 0.1) is 11.6 Å². The highest BCUT2D eigenvalue weighted by atomic mass is 19.1. The van der Waals surface area contributed by atoms with E-state index in [0.29, 0.717) is 18.3 Å². The summed E-state index contributed by atoms with van der Waals surface area (Å²) in [6.45, 7) is 8.92. The molecule has 7 heteroatoms. The Kier molecular flexibility index (Phi) is 7.89.